The molecule has 0 amide bonds. The zero-order valence-electron chi connectivity index (χ0n) is 56.6. The van der Waals surface area contributed by atoms with Crippen LogP contribution >= 0.6 is 0 Å². The van der Waals surface area contributed by atoms with E-state index in [9.17, 15) is 64.8 Å². The quantitative estimate of drug-likeness (QED) is 0.0542. The van der Waals surface area contributed by atoms with Crippen LogP contribution in [0.4, 0.5) is 65.9 Å². The highest BCUT2D eigenvalue weighted by Crippen LogP contribution is 2.53. The number of sulfonamides is 3. The van der Waals surface area contributed by atoms with E-state index in [1.165, 1.54) is 48.5 Å². The Balaban J connectivity index is 0.800. The molecule has 9 aromatic rings. The number of benzene rings is 6. The first kappa shape index (κ1) is 75.3. The van der Waals surface area contributed by atoms with E-state index >= 15 is 26.3 Å². The minimum atomic E-state index is -5.33. The third-order valence-electron chi connectivity index (χ3n) is 20.0. The molecule has 3 aromatic heterocycles. The van der Waals surface area contributed by atoms with Crippen molar-refractivity contribution in [1.82, 2.24) is 27.9 Å². The highest BCUT2D eigenvalue weighted by molar-refractivity contribution is 7.90. The molecule has 6 aromatic carbocycles. The topological polar surface area (TPSA) is 153 Å². The second kappa shape index (κ2) is 26.3. The van der Waals surface area contributed by atoms with Crippen molar-refractivity contribution in [1.29, 1.82) is 0 Å². The molecule has 0 bridgehead atoms. The number of nitrogens with zero attached hydrogens (tertiary/aromatic N) is 3. The highest BCUT2D eigenvalue weighted by atomic mass is 32.2. The van der Waals surface area contributed by atoms with E-state index in [0.717, 1.165) is 65.4 Å². The number of rotatable bonds is 23. The number of fused-ring (bicyclic) bond motifs is 3. The van der Waals surface area contributed by atoms with Gasteiger partial charge in [0.15, 0.2) is 5.82 Å². The van der Waals surface area contributed by atoms with Gasteiger partial charge >= 0.3 is 24.7 Å². The van der Waals surface area contributed by atoms with Crippen LogP contribution in [0.25, 0.3) is 66.1 Å². The maximum Gasteiger partial charge on any atom is 0.417 e. The van der Waals surface area contributed by atoms with Crippen molar-refractivity contribution in [2.45, 2.75) is 166 Å². The fourth-order valence-corrected chi connectivity index (χ4v) is 20.1. The Morgan fingerprint density at radius 1 is 0.505 bits per heavy atom. The number of aromatic nitrogens is 3. The van der Waals surface area contributed by atoms with Crippen LogP contribution in [0.2, 0.25) is 0 Å². The van der Waals surface area contributed by atoms with Crippen LogP contribution in [-0.2, 0) is 81.3 Å². The standard InChI is InChI=1S/C73H73F15N6O6S3/c1-67(2,3)37-92-35-43(50-28-58(75)51(29-60(50)92)47-17-9-11-19-54(47)71(80,81)82)33-89-102(97,98)61-27-41(61)31-68(4,5)38-93-34-42(45-23-22-40(26-59(45)93)63-55(72(83,84)85)20-13-21-57(63)74)32-90-103(99,100)62-30-56(62)69(6,7)39-94-36-52(66(73(86,87)88)91-101(95,96)44-14-12-15-44)49-25-24-48(64(76)65(49)94)46-16-8-10-18-53(46)70(77,78)79/h8-11,13,16-26,28-29,34-36,41,44,56,61-62,66,89-91H,12,14-15,27,30-33,37-39H2,1-7H3/t41?,56?,61?,62?,66-/m0/s1. The minimum Gasteiger partial charge on any atom is -0.347 e. The average molecular weight is 1510 g/mol. The summed E-state index contributed by atoms with van der Waals surface area (Å²) in [5.41, 5.74) is -9.08. The van der Waals surface area contributed by atoms with Gasteiger partial charge in [0.2, 0.25) is 30.1 Å². The Kier molecular flexibility index (Phi) is 19.2. The van der Waals surface area contributed by atoms with E-state index in [2.05, 4.69) is 9.44 Å². The van der Waals surface area contributed by atoms with Crippen molar-refractivity contribution in [2.24, 2.45) is 28.1 Å². The molecule has 103 heavy (non-hydrogen) atoms. The fourth-order valence-electron chi connectivity index (χ4n) is 14.9. The summed E-state index contributed by atoms with van der Waals surface area (Å²) < 4.78 is 320. The van der Waals surface area contributed by atoms with Crippen LogP contribution < -0.4 is 14.2 Å². The summed E-state index contributed by atoms with van der Waals surface area (Å²) >= 11 is 0. The average Bonchev–Trinajstić information content (AvgIpc) is 1.51. The van der Waals surface area contributed by atoms with Crippen LogP contribution in [0, 0.1) is 45.5 Å². The van der Waals surface area contributed by atoms with Crippen LogP contribution in [-0.4, -0.2) is 60.9 Å². The Morgan fingerprint density at radius 3 is 1.62 bits per heavy atom. The minimum absolute atomic E-state index is 0.0375. The van der Waals surface area contributed by atoms with Gasteiger partial charge in [0.1, 0.15) is 17.7 Å². The number of alkyl halides is 12. The molecule has 3 heterocycles. The molecule has 0 radical (unpaired) electrons. The molecule has 554 valence electrons. The van der Waals surface area contributed by atoms with Gasteiger partial charge in [-0.05, 0) is 130 Å². The molecule has 0 aliphatic heterocycles. The second-order valence-electron chi connectivity index (χ2n) is 30.2. The van der Waals surface area contributed by atoms with Gasteiger partial charge in [-0.1, -0.05) is 122 Å². The monoisotopic (exact) mass is 1510 g/mol. The Hall–Kier alpha value is -7.38. The number of halogens is 15. The Bertz CT molecular complexity index is 5160. The van der Waals surface area contributed by atoms with Crippen molar-refractivity contribution in [3.05, 3.63) is 179 Å². The SMILES string of the molecule is CC(C)(C)Cn1cc(CNS(=O)(=O)C2CC2CC(C)(C)Cn2cc(CNS(=O)(=O)C3CC3C(C)(C)Cn3cc([C@H](NS(=O)(=O)C4CCC4)C(F)(F)F)c4ccc(-c5ccccc5C(F)(F)F)c(F)c43)c3ccc(-c4c(F)cccc4C(F)(F)F)cc32)c2cc(F)c(-c3ccccc3C(F)(F)F)cc21. The number of hydrogen-bond donors (Lipinski definition) is 3. The number of nitrogens with one attached hydrogen (secondary N) is 3. The fraction of sp³-hybridized carbons (Fsp3) is 0.425. The molecule has 0 saturated heterocycles. The summed E-state index contributed by atoms with van der Waals surface area (Å²) in [6.07, 6.45) is -15.1. The second-order valence-corrected chi connectivity index (χ2v) is 36.1. The normalized spacial score (nSPS) is 18.7. The lowest BCUT2D eigenvalue weighted by molar-refractivity contribution is -0.152. The predicted octanol–water partition coefficient (Wildman–Crippen LogP) is 18.6. The van der Waals surface area contributed by atoms with E-state index in [1.54, 1.807) is 40.1 Å². The van der Waals surface area contributed by atoms with Gasteiger partial charge in [0, 0.05) is 101 Å². The first-order chi connectivity index (χ1) is 47.6. The van der Waals surface area contributed by atoms with Gasteiger partial charge in [0.25, 0.3) is 0 Å². The summed E-state index contributed by atoms with van der Waals surface area (Å²) in [4.78, 5) is 0. The number of hydrogen-bond acceptors (Lipinski definition) is 6. The van der Waals surface area contributed by atoms with Gasteiger partial charge in [-0.25, -0.2) is 47.9 Å². The highest BCUT2D eigenvalue weighted by Gasteiger charge is 2.56. The molecular weight excluding hydrogens is 1440 g/mol. The summed E-state index contributed by atoms with van der Waals surface area (Å²) in [6.45, 7) is 11.7. The lowest BCUT2D eigenvalue weighted by atomic mass is 9.86. The molecule has 3 saturated carbocycles. The zero-order chi connectivity index (χ0) is 75.1. The van der Waals surface area contributed by atoms with Gasteiger partial charge in [-0.15, -0.1) is 0 Å². The molecular formula is C73H73F15N6O6S3. The van der Waals surface area contributed by atoms with E-state index in [-0.39, 0.29) is 72.8 Å². The Labute approximate surface area is 585 Å². The summed E-state index contributed by atoms with van der Waals surface area (Å²) in [6, 6.07) is 16.4. The largest absolute Gasteiger partial charge is 0.417 e. The zero-order valence-corrected chi connectivity index (χ0v) is 59.0. The van der Waals surface area contributed by atoms with E-state index in [4.69, 9.17) is 0 Å². The van der Waals surface area contributed by atoms with Crippen molar-refractivity contribution in [3.63, 3.8) is 0 Å². The summed E-state index contributed by atoms with van der Waals surface area (Å²) in [5, 5.41) is -3.16. The molecule has 3 aliphatic rings. The van der Waals surface area contributed by atoms with Gasteiger partial charge in [-0.2, -0.15) is 57.4 Å². The van der Waals surface area contributed by atoms with Gasteiger partial charge in [-0.3, -0.25) is 0 Å². The van der Waals surface area contributed by atoms with Crippen LogP contribution in [0.3, 0.4) is 0 Å². The predicted molar refractivity (Wildman–Crippen MR) is 362 cm³/mol. The maximum absolute atomic E-state index is 17.3. The molecule has 3 fully saturated rings. The molecule has 3 N–H and O–H groups in total. The smallest absolute Gasteiger partial charge is 0.347 e. The molecule has 12 nitrogen and oxygen atoms in total. The van der Waals surface area contributed by atoms with E-state index < -0.39 is 185 Å². The lowest BCUT2D eigenvalue weighted by Gasteiger charge is -2.29. The molecule has 4 unspecified atom stereocenters. The van der Waals surface area contributed by atoms with Gasteiger partial charge in [0.05, 0.1) is 38.0 Å². The molecule has 3 aliphatic carbocycles. The molecule has 12 rings (SSSR count). The lowest BCUT2D eigenvalue weighted by Crippen LogP contribution is -2.44. The third-order valence-corrected chi connectivity index (χ3v) is 25.7. The maximum atomic E-state index is 17.3. The third kappa shape index (κ3) is 15.4. The molecule has 5 atom stereocenters. The Morgan fingerprint density at radius 2 is 1.05 bits per heavy atom. The van der Waals surface area contributed by atoms with Crippen molar-refractivity contribution >= 4 is 62.8 Å². The van der Waals surface area contributed by atoms with E-state index in [1.807, 2.05) is 34.6 Å². The molecule has 0 spiro atoms. The van der Waals surface area contributed by atoms with Crippen LogP contribution in [0.1, 0.15) is 126 Å². The van der Waals surface area contributed by atoms with Crippen molar-refractivity contribution in [3.8, 4) is 33.4 Å². The van der Waals surface area contributed by atoms with Crippen LogP contribution in [0.15, 0.2) is 128 Å². The first-order valence-electron chi connectivity index (χ1n) is 33.1. The molecule has 30 heteroatoms. The van der Waals surface area contributed by atoms with Gasteiger partial charge < -0.3 is 13.7 Å². The van der Waals surface area contributed by atoms with E-state index in [0.29, 0.717) is 41.1 Å². The van der Waals surface area contributed by atoms with Crippen LogP contribution in [0.5, 0.6) is 0 Å². The van der Waals surface area contributed by atoms with Crippen molar-refractivity contribution in [2.75, 3.05) is 0 Å². The summed E-state index contributed by atoms with van der Waals surface area (Å²) in [7, 11) is -13.2. The van der Waals surface area contributed by atoms with Crippen molar-refractivity contribution < 1.29 is 91.1 Å². The first-order valence-corrected chi connectivity index (χ1v) is 37.8. The summed E-state index contributed by atoms with van der Waals surface area (Å²) in [5.74, 6) is -4.80.